The third-order valence-electron chi connectivity index (χ3n) is 3.77. The molecule has 0 bridgehead atoms. The fourth-order valence-corrected chi connectivity index (χ4v) is 2.80. The van der Waals surface area contributed by atoms with Gasteiger partial charge in [-0.3, -0.25) is 4.79 Å². The maximum Gasteiger partial charge on any atom is 0.303 e. The van der Waals surface area contributed by atoms with Gasteiger partial charge < -0.3 is 14.6 Å². The van der Waals surface area contributed by atoms with Gasteiger partial charge in [0.05, 0.1) is 5.60 Å². The van der Waals surface area contributed by atoms with Crippen LogP contribution in [0.2, 0.25) is 0 Å². The van der Waals surface area contributed by atoms with Crippen LogP contribution in [0.4, 0.5) is 0 Å². The largest absolute Gasteiger partial charge is 0.481 e. The molecular formula is C12H20O4. The van der Waals surface area contributed by atoms with Crippen molar-refractivity contribution in [1.82, 2.24) is 0 Å². The van der Waals surface area contributed by atoms with Crippen LogP contribution in [0.15, 0.2) is 0 Å². The highest BCUT2D eigenvalue weighted by atomic mass is 16.5. The average molecular weight is 228 g/mol. The summed E-state index contributed by atoms with van der Waals surface area (Å²) in [6.07, 6.45) is 5.05. The van der Waals surface area contributed by atoms with Gasteiger partial charge in [-0.15, -0.1) is 0 Å². The van der Waals surface area contributed by atoms with Gasteiger partial charge in [0, 0.05) is 26.2 Å². The van der Waals surface area contributed by atoms with Crippen molar-refractivity contribution in [3.05, 3.63) is 0 Å². The number of hydrogen-bond donors (Lipinski definition) is 1. The highest BCUT2D eigenvalue weighted by Gasteiger charge is 2.38. The van der Waals surface area contributed by atoms with Crippen molar-refractivity contribution in [3.8, 4) is 0 Å². The molecule has 16 heavy (non-hydrogen) atoms. The summed E-state index contributed by atoms with van der Waals surface area (Å²) in [7, 11) is 0. The van der Waals surface area contributed by atoms with Crippen LogP contribution in [-0.4, -0.2) is 36.5 Å². The second-order valence-electron chi connectivity index (χ2n) is 4.94. The highest BCUT2D eigenvalue weighted by Crippen LogP contribution is 2.38. The first kappa shape index (κ1) is 11.9. The average Bonchev–Trinajstić information content (AvgIpc) is 2.28. The topological polar surface area (TPSA) is 55.8 Å². The molecule has 0 aliphatic carbocycles. The Morgan fingerprint density at radius 1 is 1.31 bits per heavy atom. The van der Waals surface area contributed by atoms with Crippen LogP contribution in [0, 0.1) is 5.92 Å². The van der Waals surface area contributed by atoms with Gasteiger partial charge in [0.25, 0.3) is 0 Å². The second kappa shape index (κ2) is 5.15. The molecule has 0 aromatic carbocycles. The molecule has 2 aliphatic heterocycles. The number of rotatable bonds is 3. The van der Waals surface area contributed by atoms with E-state index in [9.17, 15) is 4.79 Å². The Hall–Kier alpha value is -0.610. The zero-order chi connectivity index (χ0) is 11.4. The summed E-state index contributed by atoms with van der Waals surface area (Å²) < 4.78 is 11.3. The molecule has 4 heteroatoms. The Balaban J connectivity index is 1.85. The quantitative estimate of drug-likeness (QED) is 0.800. The fraction of sp³-hybridized carbons (Fsp3) is 0.917. The molecule has 0 amide bonds. The Bertz CT molecular complexity index is 240. The van der Waals surface area contributed by atoms with Crippen LogP contribution >= 0.6 is 0 Å². The van der Waals surface area contributed by atoms with Gasteiger partial charge in [0.1, 0.15) is 0 Å². The van der Waals surface area contributed by atoms with E-state index in [1.807, 2.05) is 0 Å². The lowest BCUT2D eigenvalue weighted by molar-refractivity contribution is -0.150. The van der Waals surface area contributed by atoms with Crippen LogP contribution in [0.5, 0.6) is 0 Å². The SMILES string of the molecule is O=C(O)CCC1CCOC2(CCOCC2)C1. The third-order valence-corrected chi connectivity index (χ3v) is 3.77. The minimum absolute atomic E-state index is 0.000327. The molecule has 2 heterocycles. The summed E-state index contributed by atoms with van der Waals surface area (Å²) in [6.45, 7) is 2.35. The summed E-state index contributed by atoms with van der Waals surface area (Å²) >= 11 is 0. The second-order valence-corrected chi connectivity index (χ2v) is 4.94. The molecule has 4 nitrogen and oxygen atoms in total. The van der Waals surface area contributed by atoms with Gasteiger partial charge in [0.2, 0.25) is 0 Å². The van der Waals surface area contributed by atoms with Crippen molar-refractivity contribution in [1.29, 1.82) is 0 Å². The smallest absolute Gasteiger partial charge is 0.303 e. The number of carboxylic acid groups (broad SMARTS) is 1. The molecule has 0 radical (unpaired) electrons. The molecule has 2 aliphatic rings. The molecule has 0 aromatic rings. The standard InChI is InChI=1S/C12H20O4/c13-11(14)2-1-10-3-6-16-12(9-10)4-7-15-8-5-12/h10H,1-9H2,(H,13,14). The molecule has 2 saturated heterocycles. The first-order chi connectivity index (χ1) is 7.70. The Labute approximate surface area is 95.9 Å². The van der Waals surface area contributed by atoms with E-state index in [4.69, 9.17) is 14.6 Å². The number of aliphatic carboxylic acids is 1. The van der Waals surface area contributed by atoms with Gasteiger partial charge >= 0.3 is 5.97 Å². The van der Waals surface area contributed by atoms with E-state index >= 15 is 0 Å². The van der Waals surface area contributed by atoms with Crippen molar-refractivity contribution in [3.63, 3.8) is 0 Å². The fourth-order valence-electron chi connectivity index (χ4n) is 2.80. The summed E-state index contributed by atoms with van der Waals surface area (Å²) in [6, 6.07) is 0. The van der Waals surface area contributed by atoms with Crippen LogP contribution in [0.25, 0.3) is 0 Å². The summed E-state index contributed by atoms with van der Waals surface area (Å²) in [4.78, 5) is 10.6. The van der Waals surface area contributed by atoms with E-state index in [2.05, 4.69) is 0 Å². The Morgan fingerprint density at radius 3 is 2.75 bits per heavy atom. The molecule has 1 spiro atoms. The highest BCUT2D eigenvalue weighted by molar-refractivity contribution is 5.66. The number of hydrogen-bond acceptors (Lipinski definition) is 3. The van der Waals surface area contributed by atoms with Crippen molar-refractivity contribution < 1.29 is 19.4 Å². The zero-order valence-electron chi connectivity index (χ0n) is 9.61. The first-order valence-corrected chi connectivity index (χ1v) is 6.14. The molecule has 0 aromatic heterocycles. The lowest BCUT2D eigenvalue weighted by atomic mass is 9.79. The minimum atomic E-state index is -0.687. The van der Waals surface area contributed by atoms with Crippen LogP contribution < -0.4 is 0 Å². The molecule has 1 unspecified atom stereocenters. The Morgan fingerprint density at radius 2 is 2.06 bits per heavy atom. The van der Waals surface area contributed by atoms with Gasteiger partial charge in [0.15, 0.2) is 0 Å². The van der Waals surface area contributed by atoms with E-state index in [-0.39, 0.29) is 12.0 Å². The maximum atomic E-state index is 10.6. The predicted molar refractivity (Wildman–Crippen MR) is 58.3 cm³/mol. The third kappa shape index (κ3) is 2.95. The predicted octanol–water partition coefficient (Wildman–Crippen LogP) is 1.83. The van der Waals surface area contributed by atoms with E-state index in [0.717, 1.165) is 51.9 Å². The molecule has 92 valence electrons. The van der Waals surface area contributed by atoms with Gasteiger partial charge in [-0.25, -0.2) is 0 Å². The molecule has 2 fully saturated rings. The number of ether oxygens (including phenoxy) is 2. The number of carboxylic acids is 1. The zero-order valence-corrected chi connectivity index (χ0v) is 9.61. The lowest BCUT2D eigenvalue weighted by Gasteiger charge is -2.43. The van der Waals surface area contributed by atoms with Gasteiger partial charge in [-0.1, -0.05) is 0 Å². The summed E-state index contributed by atoms with van der Waals surface area (Å²) in [5.74, 6) is -0.171. The van der Waals surface area contributed by atoms with Crippen molar-refractivity contribution >= 4 is 5.97 Å². The molecule has 0 saturated carbocycles. The summed E-state index contributed by atoms with van der Waals surface area (Å²) in [5, 5.41) is 8.69. The molecule has 1 atom stereocenters. The number of carbonyl (C=O) groups is 1. The Kier molecular flexibility index (Phi) is 3.82. The van der Waals surface area contributed by atoms with Crippen molar-refractivity contribution in [2.24, 2.45) is 5.92 Å². The van der Waals surface area contributed by atoms with Crippen molar-refractivity contribution in [2.45, 2.75) is 44.1 Å². The normalized spacial score (nSPS) is 29.1. The van der Waals surface area contributed by atoms with Crippen molar-refractivity contribution in [2.75, 3.05) is 19.8 Å². The monoisotopic (exact) mass is 228 g/mol. The summed E-state index contributed by atoms with van der Waals surface area (Å²) in [5.41, 5.74) is -0.000327. The van der Waals surface area contributed by atoms with E-state index < -0.39 is 5.97 Å². The van der Waals surface area contributed by atoms with Gasteiger partial charge in [-0.05, 0) is 38.0 Å². The first-order valence-electron chi connectivity index (χ1n) is 6.14. The van der Waals surface area contributed by atoms with Gasteiger partial charge in [-0.2, -0.15) is 0 Å². The molecule has 2 rings (SSSR count). The lowest BCUT2D eigenvalue weighted by Crippen LogP contribution is -2.44. The van der Waals surface area contributed by atoms with Crippen LogP contribution in [-0.2, 0) is 14.3 Å². The van der Waals surface area contributed by atoms with E-state index in [1.165, 1.54) is 0 Å². The van der Waals surface area contributed by atoms with Crippen LogP contribution in [0.1, 0.15) is 38.5 Å². The minimum Gasteiger partial charge on any atom is -0.481 e. The molecular weight excluding hydrogens is 208 g/mol. The molecule has 1 N–H and O–H groups in total. The van der Waals surface area contributed by atoms with E-state index in [1.54, 1.807) is 0 Å². The van der Waals surface area contributed by atoms with Crippen LogP contribution in [0.3, 0.4) is 0 Å². The van der Waals surface area contributed by atoms with E-state index in [0.29, 0.717) is 5.92 Å². The maximum absolute atomic E-state index is 10.6.